The Morgan fingerprint density at radius 3 is 2.35 bits per heavy atom. The van der Waals surface area contributed by atoms with Crippen LogP contribution in [0.3, 0.4) is 0 Å². The van der Waals surface area contributed by atoms with Crippen molar-refractivity contribution in [2.45, 2.75) is 6.92 Å². The summed E-state index contributed by atoms with van der Waals surface area (Å²) in [6, 6.07) is 17.1. The van der Waals surface area contributed by atoms with Gasteiger partial charge in [0, 0.05) is 24.5 Å². The van der Waals surface area contributed by atoms with E-state index in [-0.39, 0.29) is 0 Å². The first kappa shape index (κ1) is 15.0. The lowest BCUT2D eigenvalue weighted by Crippen LogP contribution is -2.33. The molecule has 116 valence electrons. The van der Waals surface area contributed by atoms with Gasteiger partial charge in [-0.25, -0.2) is 0 Å². The number of amides is 1. The first-order chi connectivity index (χ1) is 11.1. The number of carbonyl (C=O) groups excluding carboxylic acids is 2. The minimum absolute atomic E-state index is 0.442. The van der Waals surface area contributed by atoms with E-state index in [1.165, 1.54) is 4.90 Å². The number of fused-ring (bicyclic) bond motifs is 1. The molecule has 0 fully saturated rings. The number of aromatic amines is 1. The highest BCUT2D eigenvalue weighted by atomic mass is 16.2. The van der Waals surface area contributed by atoms with Gasteiger partial charge in [-0.1, -0.05) is 48.5 Å². The molecule has 0 bridgehead atoms. The highest BCUT2D eigenvalue weighted by Gasteiger charge is 2.26. The Bertz CT molecular complexity index is 865. The Morgan fingerprint density at radius 2 is 1.65 bits per heavy atom. The molecule has 4 nitrogen and oxygen atoms in total. The van der Waals surface area contributed by atoms with Gasteiger partial charge in [-0.05, 0) is 18.6 Å². The number of nitrogens with zero attached hydrogens (tertiary/aromatic N) is 1. The summed E-state index contributed by atoms with van der Waals surface area (Å²) in [6.45, 7) is 2.34. The number of ketones is 1. The Morgan fingerprint density at radius 1 is 1.00 bits per heavy atom. The van der Waals surface area contributed by atoms with Crippen LogP contribution in [0, 0.1) is 0 Å². The second kappa shape index (κ2) is 6.08. The van der Waals surface area contributed by atoms with Crippen molar-refractivity contribution in [3.8, 4) is 11.3 Å². The van der Waals surface area contributed by atoms with Gasteiger partial charge in [0.2, 0.25) is 0 Å². The van der Waals surface area contributed by atoms with Gasteiger partial charge < -0.3 is 9.88 Å². The summed E-state index contributed by atoms with van der Waals surface area (Å²) >= 11 is 0. The van der Waals surface area contributed by atoms with Gasteiger partial charge in [0.25, 0.3) is 11.7 Å². The quantitative estimate of drug-likeness (QED) is 0.592. The van der Waals surface area contributed by atoms with E-state index in [0.717, 1.165) is 16.5 Å². The van der Waals surface area contributed by atoms with Gasteiger partial charge in [-0.3, -0.25) is 9.59 Å². The molecular weight excluding hydrogens is 288 g/mol. The lowest BCUT2D eigenvalue weighted by atomic mass is 10.0. The fraction of sp³-hybridized carbons (Fsp3) is 0.158. The van der Waals surface area contributed by atoms with Gasteiger partial charge >= 0.3 is 0 Å². The third kappa shape index (κ3) is 2.63. The number of rotatable bonds is 4. The van der Waals surface area contributed by atoms with Crippen LogP contribution in [-0.2, 0) is 4.79 Å². The van der Waals surface area contributed by atoms with E-state index in [1.807, 2.05) is 61.5 Å². The second-order valence-corrected chi connectivity index (χ2v) is 5.44. The third-order valence-electron chi connectivity index (χ3n) is 4.01. The molecule has 3 rings (SSSR count). The lowest BCUT2D eigenvalue weighted by molar-refractivity contribution is -0.125. The Kier molecular flexibility index (Phi) is 3.98. The highest BCUT2D eigenvalue weighted by Crippen LogP contribution is 2.30. The number of H-pyrrole nitrogens is 1. The van der Waals surface area contributed by atoms with Gasteiger partial charge in [-0.2, -0.15) is 0 Å². The zero-order valence-corrected chi connectivity index (χ0v) is 13.2. The second-order valence-electron chi connectivity index (χ2n) is 5.44. The van der Waals surface area contributed by atoms with Crippen LogP contribution in [0.4, 0.5) is 0 Å². The molecule has 0 aliphatic carbocycles. The van der Waals surface area contributed by atoms with Crippen molar-refractivity contribution in [1.29, 1.82) is 0 Å². The lowest BCUT2D eigenvalue weighted by Gasteiger charge is -2.13. The van der Waals surface area contributed by atoms with E-state index >= 15 is 0 Å². The Hall–Kier alpha value is -2.88. The highest BCUT2D eigenvalue weighted by molar-refractivity contribution is 6.46. The molecule has 0 radical (unpaired) electrons. The summed E-state index contributed by atoms with van der Waals surface area (Å²) in [5.41, 5.74) is 2.87. The van der Waals surface area contributed by atoms with Crippen LogP contribution in [0.5, 0.6) is 0 Å². The third-order valence-corrected chi connectivity index (χ3v) is 4.01. The summed E-state index contributed by atoms with van der Waals surface area (Å²) in [5.74, 6) is -0.972. The van der Waals surface area contributed by atoms with Crippen LogP contribution in [0.2, 0.25) is 0 Å². The number of hydrogen-bond donors (Lipinski definition) is 1. The van der Waals surface area contributed by atoms with Crippen LogP contribution >= 0.6 is 0 Å². The van der Waals surface area contributed by atoms with Crippen LogP contribution in [0.15, 0.2) is 54.6 Å². The standard InChI is InChI=1S/C19H18N2O2/c1-3-21(2)19(23)18(22)16-14-11-7-8-12-15(14)20-17(16)13-9-5-4-6-10-13/h4-12,20H,3H2,1-2H3. The maximum Gasteiger partial charge on any atom is 0.294 e. The van der Waals surface area contributed by atoms with Crippen molar-refractivity contribution >= 4 is 22.6 Å². The summed E-state index contributed by atoms with van der Waals surface area (Å²) < 4.78 is 0. The molecule has 0 aliphatic heterocycles. The van der Waals surface area contributed by atoms with Crippen molar-refractivity contribution in [2.24, 2.45) is 0 Å². The molecule has 0 saturated carbocycles. The number of likely N-dealkylation sites (N-methyl/N-ethyl adjacent to an activating group) is 1. The molecule has 1 amide bonds. The molecule has 2 aromatic carbocycles. The van der Waals surface area contributed by atoms with Gasteiger partial charge in [0.05, 0.1) is 11.3 Å². The Labute approximate surface area is 134 Å². The molecule has 0 spiro atoms. The number of aromatic nitrogens is 1. The first-order valence-corrected chi connectivity index (χ1v) is 7.59. The van der Waals surface area contributed by atoms with Gasteiger partial charge in [0.1, 0.15) is 0 Å². The Balaban J connectivity index is 2.22. The fourth-order valence-electron chi connectivity index (χ4n) is 2.62. The maximum atomic E-state index is 12.8. The zero-order chi connectivity index (χ0) is 16.4. The molecule has 0 atom stereocenters. The minimum Gasteiger partial charge on any atom is -0.354 e. The molecule has 1 aromatic heterocycles. The molecule has 23 heavy (non-hydrogen) atoms. The monoisotopic (exact) mass is 306 g/mol. The van der Waals surface area contributed by atoms with Crippen molar-refractivity contribution in [3.05, 3.63) is 60.2 Å². The molecule has 0 unspecified atom stereocenters. The van der Waals surface area contributed by atoms with Crippen LogP contribution in [0.25, 0.3) is 22.2 Å². The smallest absolute Gasteiger partial charge is 0.294 e. The summed E-state index contributed by atoms with van der Waals surface area (Å²) in [4.78, 5) is 29.9. The normalized spacial score (nSPS) is 10.7. The van der Waals surface area contributed by atoms with E-state index in [1.54, 1.807) is 7.05 Å². The number of para-hydroxylation sites is 1. The average molecular weight is 306 g/mol. The van der Waals surface area contributed by atoms with E-state index < -0.39 is 11.7 Å². The SMILES string of the molecule is CCN(C)C(=O)C(=O)c1c(-c2ccccc2)[nH]c2ccccc12. The average Bonchev–Trinajstić information content (AvgIpc) is 3.00. The van der Waals surface area contributed by atoms with Gasteiger partial charge in [-0.15, -0.1) is 0 Å². The van der Waals surface area contributed by atoms with Crippen LogP contribution < -0.4 is 0 Å². The molecule has 1 heterocycles. The predicted molar refractivity (Wildman–Crippen MR) is 91.4 cm³/mol. The molecule has 0 aliphatic rings. The molecule has 3 aromatic rings. The van der Waals surface area contributed by atoms with Crippen LogP contribution in [-0.4, -0.2) is 35.2 Å². The maximum absolute atomic E-state index is 12.8. The van der Waals surface area contributed by atoms with E-state index in [4.69, 9.17) is 0 Å². The van der Waals surface area contributed by atoms with E-state index in [2.05, 4.69) is 4.98 Å². The number of hydrogen-bond acceptors (Lipinski definition) is 2. The predicted octanol–water partition coefficient (Wildman–Crippen LogP) is 3.50. The van der Waals surface area contributed by atoms with Crippen molar-refractivity contribution in [3.63, 3.8) is 0 Å². The first-order valence-electron chi connectivity index (χ1n) is 7.59. The number of nitrogens with one attached hydrogen (secondary N) is 1. The topological polar surface area (TPSA) is 53.2 Å². The summed E-state index contributed by atoms with van der Waals surface area (Å²) in [6.07, 6.45) is 0. The van der Waals surface area contributed by atoms with E-state index in [9.17, 15) is 9.59 Å². The molecule has 1 N–H and O–H groups in total. The van der Waals surface area contributed by atoms with Crippen molar-refractivity contribution < 1.29 is 9.59 Å². The van der Waals surface area contributed by atoms with Gasteiger partial charge in [0.15, 0.2) is 0 Å². The van der Waals surface area contributed by atoms with Crippen molar-refractivity contribution in [2.75, 3.05) is 13.6 Å². The minimum atomic E-state index is -0.491. The molecule has 4 heteroatoms. The number of benzene rings is 2. The van der Waals surface area contributed by atoms with Crippen molar-refractivity contribution in [1.82, 2.24) is 9.88 Å². The zero-order valence-electron chi connectivity index (χ0n) is 13.2. The number of Topliss-reactive ketones (excluding diaryl/α,β-unsaturated/α-hetero) is 1. The van der Waals surface area contributed by atoms with E-state index in [0.29, 0.717) is 17.8 Å². The van der Waals surface area contributed by atoms with Crippen LogP contribution in [0.1, 0.15) is 17.3 Å². The summed E-state index contributed by atoms with van der Waals surface area (Å²) in [5, 5.41) is 0.772. The fourth-order valence-corrected chi connectivity index (χ4v) is 2.62. The molecular formula is C19H18N2O2. The largest absolute Gasteiger partial charge is 0.354 e. The number of carbonyl (C=O) groups is 2. The molecule has 0 saturated heterocycles. The summed E-state index contributed by atoms with van der Waals surface area (Å²) in [7, 11) is 1.64.